The number of hydrogen-bond donors (Lipinski definition) is 4. The van der Waals surface area contributed by atoms with E-state index < -0.39 is 36.0 Å². The Hall–Kier alpha value is -12.1. The number of rotatable bonds is 21. The number of hydrogen-bond acceptors (Lipinski definition) is 12. The first-order valence-electron chi connectivity index (χ1n) is 29.2. The number of nitrogens with one attached hydrogen (secondary N) is 4. The lowest BCUT2D eigenvalue weighted by Gasteiger charge is -2.23. The molecule has 0 unspecified atom stereocenters. The lowest BCUT2D eigenvalue weighted by molar-refractivity contribution is 0.168. The number of nitrogens with zero attached hydrogens (tertiary/aromatic N) is 4. The summed E-state index contributed by atoms with van der Waals surface area (Å²) in [7, 11) is 3.69. The van der Waals surface area contributed by atoms with Crippen molar-refractivity contribution in [3.05, 3.63) is 239 Å². The highest BCUT2D eigenvalue weighted by Crippen LogP contribution is 2.28. The molecule has 0 bridgehead atoms. The third-order valence-electron chi connectivity index (χ3n) is 13.5. The van der Waals surface area contributed by atoms with E-state index in [4.69, 9.17) is 30.4 Å². The van der Waals surface area contributed by atoms with Crippen molar-refractivity contribution in [1.82, 2.24) is 0 Å². The van der Waals surface area contributed by atoms with Gasteiger partial charge in [-0.25, -0.2) is 45.5 Å². The first kappa shape index (κ1) is 74.6. The fourth-order valence-corrected chi connectivity index (χ4v) is 8.75. The average molecular weight is 1310 g/mol. The maximum atomic E-state index is 13.9. The molecule has 0 fully saturated rings. The summed E-state index contributed by atoms with van der Waals surface area (Å²) in [5.74, 6) is 7.99. The molecule has 22 heteroatoms. The predicted molar refractivity (Wildman–Crippen MR) is 364 cm³/mol. The Labute approximate surface area is 555 Å². The fraction of sp³-hybridized carbons (Fsp3) is 0.189. The molecule has 8 aromatic carbocycles. The van der Waals surface area contributed by atoms with Crippen molar-refractivity contribution in [3.8, 4) is 49.4 Å². The SMILES string of the molecule is C#CCN(Cc1ccc(F)c(C)c1)c1ccc(F)c(NC(=O)OC)c1.C#CCN(Cc1ccc(F)cc1)c1ccc(F)c(NC(=O)OC)c1.C#CCN(Cc1ccc(F)cc1)c1ccc(NC(=O)OC)cc1.C#CCN(Cc1ccc(F)cc1)c1ccc(NC(=O)OCC)cc1. The first-order valence-corrected chi connectivity index (χ1v) is 29.2. The Morgan fingerprint density at radius 2 is 0.667 bits per heavy atom. The Kier molecular flexibility index (Phi) is 30.5. The van der Waals surface area contributed by atoms with E-state index in [1.165, 1.54) is 88.1 Å². The minimum Gasteiger partial charge on any atom is -0.453 e. The second kappa shape index (κ2) is 39.3. The van der Waals surface area contributed by atoms with Gasteiger partial charge in [0.1, 0.15) is 34.9 Å². The van der Waals surface area contributed by atoms with Crippen LogP contribution < -0.4 is 40.9 Å². The van der Waals surface area contributed by atoms with Crippen molar-refractivity contribution in [2.24, 2.45) is 0 Å². The van der Waals surface area contributed by atoms with E-state index in [0.717, 1.165) is 33.6 Å². The van der Waals surface area contributed by atoms with Crippen molar-refractivity contribution in [3.63, 3.8) is 0 Å². The zero-order valence-corrected chi connectivity index (χ0v) is 53.2. The Morgan fingerprint density at radius 1 is 0.375 bits per heavy atom. The number of methoxy groups -OCH3 is 3. The molecule has 4 N–H and O–H groups in total. The minimum absolute atomic E-state index is 0.0124. The molecule has 16 nitrogen and oxygen atoms in total. The van der Waals surface area contributed by atoms with Crippen LogP contribution in [0.2, 0.25) is 0 Å². The fourth-order valence-electron chi connectivity index (χ4n) is 8.75. The second-order valence-electron chi connectivity index (χ2n) is 20.3. The largest absolute Gasteiger partial charge is 0.453 e. The summed E-state index contributed by atoms with van der Waals surface area (Å²) >= 11 is 0. The van der Waals surface area contributed by atoms with Gasteiger partial charge >= 0.3 is 24.4 Å². The molecule has 0 aliphatic rings. The van der Waals surface area contributed by atoms with Gasteiger partial charge in [0.25, 0.3) is 0 Å². The highest BCUT2D eigenvalue weighted by atomic mass is 19.1. The van der Waals surface area contributed by atoms with Gasteiger partial charge in [-0.05, 0) is 169 Å². The van der Waals surface area contributed by atoms with E-state index in [1.807, 2.05) is 39.0 Å². The number of aryl methyl sites for hydroxylation is 1. The Morgan fingerprint density at radius 3 is 0.990 bits per heavy atom. The summed E-state index contributed by atoms with van der Waals surface area (Å²) in [6.07, 6.45) is 19.2. The number of carbonyl (C=O) groups excluding carboxylic acids is 4. The van der Waals surface area contributed by atoms with Crippen molar-refractivity contribution in [1.29, 1.82) is 0 Å². The summed E-state index contributed by atoms with van der Waals surface area (Å²) in [5, 5.41) is 9.84. The van der Waals surface area contributed by atoms with Gasteiger partial charge in [-0.2, -0.15) is 0 Å². The maximum absolute atomic E-state index is 13.9. The van der Waals surface area contributed by atoms with E-state index in [0.29, 0.717) is 74.2 Å². The van der Waals surface area contributed by atoms with Crippen LogP contribution in [0.25, 0.3) is 0 Å². The van der Waals surface area contributed by atoms with E-state index >= 15 is 0 Å². The monoisotopic (exact) mass is 1310 g/mol. The highest BCUT2D eigenvalue weighted by Gasteiger charge is 2.16. The van der Waals surface area contributed by atoms with Crippen molar-refractivity contribution >= 4 is 69.9 Å². The molecular formula is C74H70F6N8O8. The van der Waals surface area contributed by atoms with Crippen LogP contribution in [0.1, 0.15) is 34.7 Å². The van der Waals surface area contributed by atoms with Crippen molar-refractivity contribution in [2.75, 3.05) is 95.0 Å². The van der Waals surface area contributed by atoms with E-state index in [9.17, 15) is 45.5 Å². The second-order valence-corrected chi connectivity index (χ2v) is 20.3. The number of ether oxygens (including phenoxy) is 4. The predicted octanol–water partition coefficient (Wildman–Crippen LogP) is 15.6. The van der Waals surface area contributed by atoms with Crippen LogP contribution in [-0.2, 0) is 45.1 Å². The normalized spacial score (nSPS) is 9.91. The molecule has 0 heterocycles. The van der Waals surface area contributed by atoms with Crippen LogP contribution in [0, 0.1) is 91.2 Å². The quantitative estimate of drug-likeness (QED) is 0.0306. The van der Waals surface area contributed by atoms with E-state index in [-0.39, 0.29) is 47.7 Å². The van der Waals surface area contributed by atoms with Gasteiger partial charge in [-0.3, -0.25) is 21.3 Å². The third kappa shape index (κ3) is 25.2. The molecule has 96 heavy (non-hydrogen) atoms. The third-order valence-corrected chi connectivity index (χ3v) is 13.5. The van der Waals surface area contributed by atoms with E-state index in [2.05, 4.69) is 59.2 Å². The van der Waals surface area contributed by atoms with Gasteiger partial charge in [-0.15, -0.1) is 25.7 Å². The van der Waals surface area contributed by atoms with Gasteiger partial charge in [0, 0.05) is 60.3 Å². The number of terminal acetylenes is 4. The van der Waals surface area contributed by atoms with Crippen LogP contribution in [0.5, 0.6) is 0 Å². The number of benzene rings is 8. The van der Waals surface area contributed by atoms with E-state index in [1.54, 1.807) is 104 Å². The summed E-state index contributed by atoms with van der Waals surface area (Å²) < 4.78 is 98.4. The van der Waals surface area contributed by atoms with Gasteiger partial charge in [0.2, 0.25) is 0 Å². The molecule has 0 atom stereocenters. The number of amides is 4. The molecule has 496 valence electrons. The molecule has 0 saturated carbocycles. The highest BCUT2D eigenvalue weighted by molar-refractivity contribution is 5.87. The average Bonchev–Trinajstić information content (AvgIpc) is 0.966. The molecule has 8 aromatic rings. The summed E-state index contributed by atoms with van der Waals surface area (Å²) in [5.41, 5.74) is 8.44. The molecule has 0 aromatic heterocycles. The number of carbonyl (C=O) groups is 4. The number of anilines is 8. The van der Waals surface area contributed by atoms with Crippen LogP contribution in [0.3, 0.4) is 0 Å². The van der Waals surface area contributed by atoms with Crippen molar-refractivity contribution in [2.45, 2.75) is 40.0 Å². The molecule has 0 spiro atoms. The molecule has 0 saturated heterocycles. The maximum Gasteiger partial charge on any atom is 0.411 e. The van der Waals surface area contributed by atoms with Gasteiger partial charge < -0.3 is 38.5 Å². The number of halogens is 6. The van der Waals surface area contributed by atoms with Gasteiger partial charge in [0.05, 0.1) is 65.5 Å². The molecular weight excluding hydrogens is 1240 g/mol. The lowest BCUT2D eigenvalue weighted by Crippen LogP contribution is -2.23. The van der Waals surface area contributed by atoms with Crippen molar-refractivity contribution < 1.29 is 64.5 Å². The zero-order chi connectivity index (χ0) is 69.9. The first-order chi connectivity index (χ1) is 46.2. The van der Waals surface area contributed by atoms with Crippen LogP contribution in [0.4, 0.5) is 91.0 Å². The minimum atomic E-state index is -0.770. The smallest absolute Gasteiger partial charge is 0.411 e. The Bertz CT molecular complexity index is 4010. The molecule has 0 radical (unpaired) electrons. The zero-order valence-electron chi connectivity index (χ0n) is 53.2. The Balaban J connectivity index is 0.000000232. The van der Waals surface area contributed by atoms with Gasteiger partial charge in [-0.1, -0.05) is 72.2 Å². The van der Waals surface area contributed by atoms with Crippen LogP contribution in [0.15, 0.2) is 176 Å². The van der Waals surface area contributed by atoms with Crippen LogP contribution in [-0.4, -0.2) is 78.5 Å². The summed E-state index contributed by atoms with van der Waals surface area (Å²) in [6.45, 7) is 7.06. The molecule has 0 aliphatic carbocycles. The lowest BCUT2D eigenvalue weighted by atomic mass is 10.1. The van der Waals surface area contributed by atoms with Crippen LogP contribution >= 0.6 is 0 Å². The summed E-state index contributed by atoms with van der Waals surface area (Å²) in [4.78, 5) is 52.8. The topological polar surface area (TPSA) is 166 Å². The summed E-state index contributed by atoms with van der Waals surface area (Å²) in [6, 6.07) is 46.5. The molecule has 0 aliphatic heterocycles. The van der Waals surface area contributed by atoms with Gasteiger partial charge in [0.15, 0.2) is 0 Å². The molecule has 4 amide bonds. The standard InChI is InChI=1S/C19H18F2N2O2.C19H19FN2O2.C18H16F2N2O2.C18H17FN2O2/c1-4-9-23(12-14-5-7-16(20)13(2)10-14)15-6-8-17(21)18(11-15)22-19(24)25-3;1-3-13-22(14-15-5-7-16(20)8-6-15)18-11-9-17(10-12-18)21-19(23)24-4-2;1-3-10-22(12-13-4-6-14(19)7-5-13)15-8-9-16(20)17(11-15)21-18(23)24-2;1-3-12-21(13-14-4-6-15(19)7-5-14)17-10-8-16(9-11-17)20-18(22)23-2/h1,5-8,10-11H,9,12H2,2-3H3,(H,22,24);1,5-12H,4,13-14H2,2H3,(H,21,23);1,4-9,11H,10,12H2,2H3,(H,21,23);1,4-11H,12-13H2,2H3,(H,20,22). The molecule has 8 rings (SSSR count).